The number of likely N-dealkylation sites (tertiary alicyclic amines) is 1. The van der Waals surface area contributed by atoms with E-state index in [0.717, 1.165) is 32.5 Å². The van der Waals surface area contributed by atoms with E-state index in [9.17, 15) is 13.2 Å². The molecule has 0 saturated carbocycles. The van der Waals surface area contributed by atoms with Crippen LogP contribution in [0, 0.1) is 0 Å². The zero-order valence-electron chi connectivity index (χ0n) is 17.4. The van der Waals surface area contributed by atoms with Gasteiger partial charge in [0, 0.05) is 44.5 Å². The lowest BCUT2D eigenvalue weighted by Crippen LogP contribution is -2.51. The van der Waals surface area contributed by atoms with E-state index in [1.165, 1.54) is 23.5 Å². The van der Waals surface area contributed by atoms with Crippen LogP contribution in [-0.2, 0) is 26.3 Å². The number of aromatic nitrogens is 2. The highest BCUT2D eigenvalue weighted by atomic mass is 19.4. The standard InChI is InChI=1S/C21H29F3N6/c1-3-25-20(26-12-17-14-29(2)28-19(17)21(22,23)24)27-18-10-7-11-30(15-18)13-16-8-5-4-6-9-16/h4-6,8-9,14,18H,3,7,10-13,15H2,1-2H3,(H2,25,26,27). The molecule has 1 aromatic heterocycles. The van der Waals surface area contributed by atoms with Crippen LogP contribution in [0.4, 0.5) is 13.2 Å². The summed E-state index contributed by atoms with van der Waals surface area (Å²) in [6, 6.07) is 10.5. The minimum absolute atomic E-state index is 0.0663. The first-order valence-corrected chi connectivity index (χ1v) is 10.3. The molecule has 164 valence electrons. The summed E-state index contributed by atoms with van der Waals surface area (Å²) in [5, 5.41) is 10.1. The topological polar surface area (TPSA) is 57.5 Å². The predicted molar refractivity (Wildman–Crippen MR) is 111 cm³/mol. The third-order valence-corrected chi connectivity index (χ3v) is 5.02. The summed E-state index contributed by atoms with van der Waals surface area (Å²) in [6.07, 6.45) is -1.06. The van der Waals surface area contributed by atoms with Crippen LogP contribution in [0.1, 0.15) is 36.6 Å². The van der Waals surface area contributed by atoms with Crippen molar-refractivity contribution < 1.29 is 13.2 Å². The molecule has 6 nitrogen and oxygen atoms in total. The number of hydrogen-bond acceptors (Lipinski definition) is 3. The van der Waals surface area contributed by atoms with E-state index in [0.29, 0.717) is 12.5 Å². The molecule has 9 heteroatoms. The van der Waals surface area contributed by atoms with Gasteiger partial charge in [0.1, 0.15) is 0 Å². The van der Waals surface area contributed by atoms with Gasteiger partial charge in [-0.1, -0.05) is 30.3 Å². The smallest absolute Gasteiger partial charge is 0.357 e. The first kappa shape index (κ1) is 22.1. The lowest BCUT2D eigenvalue weighted by molar-refractivity contribution is -0.142. The maximum Gasteiger partial charge on any atom is 0.435 e. The van der Waals surface area contributed by atoms with Crippen LogP contribution < -0.4 is 10.6 Å². The number of piperidine rings is 1. The average Bonchev–Trinajstić information content (AvgIpc) is 3.09. The Kier molecular flexibility index (Phi) is 7.36. The molecule has 0 amide bonds. The van der Waals surface area contributed by atoms with E-state index in [2.05, 4.69) is 37.8 Å². The molecule has 1 saturated heterocycles. The van der Waals surface area contributed by atoms with Crippen LogP contribution in [0.3, 0.4) is 0 Å². The summed E-state index contributed by atoms with van der Waals surface area (Å²) < 4.78 is 40.7. The van der Waals surface area contributed by atoms with Gasteiger partial charge in [0.2, 0.25) is 0 Å². The van der Waals surface area contributed by atoms with Gasteiger partial charge in [-0.3, -0.25) is 9.58 Å². The normalized spacial score (nSPS) is 18.4. The van der Waals surface area contributed by atoms with Crippen LogP contribution in [-0.4, -0.2) is 46.3 Å². The summed E-state index contributed by atoms with van der Waals surface area (Å²) in [6.45, 7) is 5.26. The number of alkyl halides is 3. The van der Waals surface area contributed by atoms with Crippen molar-refractivity contribution in [3.8, 4) is 0 Å². The van der Waals surface area contributed by atoms with Crippen LogP contribution in [0.5, 0.6) is 0 Å². The molecule has 1 aromatic carbocycles. The minimum Gasteiger partial charge on any atom is -0.357 e. The van der Waals surface area contributed by atoms with E-state index in [-0.39, 0.29) is 18.2 Å². The molecule has 1 unspecified atom stereocenters. The number of aliphatic imine (C=N–C) groups is 1. The Morgan fingerprint density at radius 2 is 2.03 bits per heavy atom. The van der Waals surface area contributed by atoms with Gasteiger partial charge in [-0.15, -0.1) is 0 Å². The van der Waals surface area contributed by atoms with Gasteiger partial charge in [0.05, 0.1) is 6.54 Å². The second-order valence-corrected chi connectivity index (χ2v) is 7.57. The van der Waals surface area contributed by atoms with Gasteiger partial charge in [-0.05, 0) is 31.9 Å². The second kappa shape index (κ2) is 9.97. The number of nitrogens with zero attached hydrogens (tertiary/aromatic N) is 4. The minimum atomic E-state index is -4.49. The number of aryl methyl sites for hydroxylation is 1. The monoisotopic (exact) mass is 422 g/mol. The molecule has 30 heavy (non-hydrogen) atoms. The van der Waals surface area contributed by atoms with Crippen LogP contribution in [0.25, 0.3) is 0 Å². The fourth-order valence-electron chi connectivity index (χ4n) is 3.73. The number of nitrogens with one attached hydrogen (secondary N) is 2. The van der Waals surface area contributed by atoms with Crippen molar-refractivity contribution in [2.75, 3.05) is 19.6 Å². The van der Waals surface area contributed by atoms with Gasteiger partial charge in [-0.2, -0.15) is 18.3 Å². The molecule has 0 bridgehead atoms. The fourth-order valence-corrected chi connectivity index (χ4v) is 3.73. The van der Waals surface area contributed by atoms with Crippen LogP contribution in [0.2, 0.25) is 0 Å². The summed E-state index contributed by atoms with van der Waals surface area (Å²) in [7, 11) is 1.48. The van der Waals surface area contributed by atoms with Gasteiger partial charge in [-0.25, -0.2) is 4.99 Å². The van der Waals surface area contributed by atoms with E-state index in [4.69, 9.17) is 0 Å². The fraction of sp³-hybridized carbons (Fsp3) is 0.524. The Morgan fingerprint density at radius 1 is 1.27 bits per heavy atom. The second-order valence-electron chi connectivity index (χ2n) is 7.57. The molecule has 0 radical (unpaired) electrons. The molecule has 3 rings (SSSR count). The van der Waals surface area contributed by atoms with E-state index < -0.39 is 11.9 Å². The maximum absolute atomic E-state index is 13.2. The van der Waals surface area contributed by atoms with Crippen molar-refractivity contribution in [3.05, 3.63) is 53.3 Å². The number of guanidine groups is 1. The average molecular weight is 422 g/mol. The Morgan fingerprint density at radius 3 is 2.73 bits per heavy atom. The number of halogens is 3. The Balaban J connectivity index is 1.63. The largest absolute Gasteiger partial charge is 0.435 e. The summed E-state index contributed by atoms with van der Waals surface area (Å²) >= 11 is 0. The first-order valence-electron chi connectivity index (χ1n) is 10.3. The Labute approximate surface area is 175 Å². The Hall–Kier alpha value is -2.55. The zero-order valence-corrected chi connectivity index (χ0v) is 17.4. The molecule has 1 aliphatic heterocycles. The third-order valence-electron chi connectivity index (χ3n) is 5.02. The Bertz CT molecular complexity index is 831. The van der Waals surface area contributed by atoms with Gasteiger partial charge >= 0.3 is 6.18 Å². The number of rotatable bonds is 6. The quantitative estimate of drug-likeness (QED) is 0.555. The molecule has 1 atom stereocenters. The van der Waals surface area contributed by atoms with Crippen molar-refractivity contribution in [1.29, 1.82) is 0 Å². The SMILES string of the molecule is CCNC(=NCc1cn(C)nc1C(F)(F)F)NC1CCCN(Cc2ccccc2)C1. The summed E-state index contributed by atoms with van der Waals surface area (Å²) in [4.78, 5) is 6.79. The lowest BCUT2D eigenvalue weighted by Gasteiger charge is -2.34. The molecule has 1 fully saturated rings. The highest BCUT2D eigenvalue weighted by Crippen LogP contribution is 2.30. The molecule has 0 spiro atoms. The maximum atomic E-state index is 13.2. The van der Waals surface area contributed by atoms with Crippen LogP contribution in [0.15, 0.2) is 41.5 Å². The van der Waals surface area contributed by atoms with Gasteiger partial charge < -0.3 is 10.6 Å². The molecule has 2 N–H and O–H groups in total. The molecular weight excluding hydrogens is 393 g/mol. The van der Waals surface area contributed by atoms with E-state index in [1.54, 1.807) is 0 Å². The van der Waals surface area contributed by atoms with Gasteiger partial charge in [0.25, 0.3) is 0 Å². The zero-order chi connectivity index (χ0) is 21.6. The molecular formula is C21H29F3N6. The highest BCUT2D eigenvalue weighted by molar-refractivity contribution is 5.80. The predicted octanol–water partition coefficient (Wildman–Crippen LogP) is 3.16. The van der Waals surface area contributed by atoms with Crippen molar-refractivity contribution in [2.45, 2.75) is 45.1 Å². The molecule has 1 aliphatic rings. The third kappa shape index (κ3) is 6.22. The molecule has 2 heterocycles. The molecule has 2 aromatic rings. The first-order chi connectivity index (χ1) is 14.3. The highest BCUT2D eigenvalue weighted by Gasteiger charge is 2.36. The van der Waals surface area contributed by atoms with Gasteiger partial charge in [0.15, 0.2) is 11.7 Å². The molecule has 0 aliphatic carbocycles. The van der Waals surface area contributed by atoms with E-state index in [1.807, 2.05) is 25.1 Å². The lowest BCUT2D eigenvalue weighted by atomic mass is 10.0. The number of benzene rings is 1. The number of hydrogen-bond donors (Lipinski definition) is 2. The summed E-state index contributed by atoms with van der Waals surface area (Å²) in [5.74, 6) is 0.529. The van der Waals surface area contributed by atoms with Crippen molar-refractivity contribution in [2.24, 2.45) is 12.0 Å². The van der Waals surface area contributed by atoms with Crippen molar-refractivity contribution >= 4 is 5.96 Å². The van der Waals surface area contributed by atoms with E-state index >= 15 is 0 Å². The van der Waals surface area contributed by atoms with Crippen LogP contribution >= 0.6 is 0 Å². The van der Waals surface area contributed by atoms with Crippen molar-refractivity contribution in [1.82, 2.24) is 25.3 Å². The summed E-state index contributed by atoms with van der Waals surface area (Å²) in [5.41, 5.74) is 0.461. The van der Waals surface area contributed by atoms with Crippen molar-refractivity contribution in [3.63, 3.8) is 0 Å².